The van der Waals surface area contributed by atoms with Crippen LogP contribution in [-0.2, 0) is 28.9 Å². The van der Waals surface area contributed by atoms with Gasteiger partial charge in [-0.2, -0.15) is 5.26 Å². The number of furan rings is 1. The van der Waals surface area contributed by atoms with Gasteiger partial charge in [0.15, 0.2) is 0 Å². The second-order valence-electron chi connectivity index (χ2n) is 7.19. The number of thiophene rings is 1. The van der Waals surface area contributed by atoms with E-state index >= 15 is 0 Å². The van der Waals surface area contributed by atoms with Crippen LogP contribution in [0.3, 0.4) is 0 Å². The zero-order chi connectivity index (χ0) is 22.5. The van der Waals surface area contributed by atoms with Gasteiger partial charge in [0.2, 0.25) is 11.8 Å². The largest absolute Gasteiger partial charge is 0.449 e. The van der Waals surface area contributed by atoms with Crippen molar-refractivity contribution in [2.24, 2.45) is 0 Å². The third kappa shape index (κ3) is 4.36. The summed E-state index contributed by atoms with van der Waals surface area (Å²) in [7, 11) is 0. The first kappa shape index (κ1) is 21.6. The first-order chi connectivity index (χ1) is 15.6. The number of carbonyl (C=O) groups excluding carboxylic acids is 2. The first-order valence-electron chi connectivity index (χ1n) is 10.3. The molecule has 0 aromatic carbocycles. The van der Waals surface area contributed by atoms with Crippen molar-refractivity contribution in [1.82, 2.24) is 9.88 Å². The number of carbonyl (C=O) groups is 2. The summed E-state index contributed by atoms with van der Waals surface area (Å²) in [4.78, 5) is 33.4. The third-order valence-corrected chi connectivity index (χ3v) is 6.40. The molecule has 0 spiro atoms. The van der Waals surface area contributed by atoms with Crippen molar-refractivity contribution in [1.29, 1.82) is 5.26 Å². The summed E-state index contributed by atoms with van der Waals surface area (Å²) in [6, 6.07) is 11.3. The summed E-state index contributed by atoms with van der Waals surface area (Å²) < 4.78 is 10.9. The van der Waals surface area contributed by atoms with Crippen LogP contribution in [0.1, 0.15) is 35.0 Å². The number of hydrogen-bond donors (Lipinski definition) is 0. The first-order valence-corrected chi connectivity index (χ1v) is 11.2. The van der Waals surface area contributed by atoms with E-state index in [1.807, 2.05) is 18.2 Å². The maximum atomic E-state index is 12.7. The van der Waals surface area contributed by atoms with Crippen molar-refractivity contribution in [3.05, 3.63) is 64.5 Å². The molecule has 0 aliphatic carbocycles. The van der Waals surface area contributed by atoms with Gasteiger partial charge in [-0.3, -0.25) is 9.78 Å². The van der Waals surface area contributed by atoms with E-state index in [0.29, 0.717) is 42.4 Å². The Hall–Kier alpha value is -3.64. The van der Waals surface area contributed by atoms with Crippen molar-refractivity contribution in [2.45, 2.75) is 32.7 Å². The predicted molar refractivity (Wildman–Crippen MR) is 119 cm³/mol. The molecule has 1 aliphatic heterocycles. The molecule has 3 aromatic heterocycles. The number of hydrogen-bond acceptors (Lipinski definition) is 7. The SMILES string of the molecule is CCC(=O)N(c1ccco1)c1sc2c(c1C#N)CCN(C(=O)OCCc1ccccn1)C2. The van der Waals surface area contributed by atoms with E-state index in [1.165, 1.54) is 22.5 Å². The Morgan fingerprint density at radius 2 is 2.22 bits per heavy atom. The molecule has 0 bridgehead atoms. The molecule has 0 N–H and O–H groups in total. The van der Waals surface area contributed by atoms with Crippen molar-refractivity contribution >= 4 is 34.2 Å². The number of anilines is 2. The highest BCUT2D eigenvalue weighted by molar-refractivity contribution is 7.16. The zero-order valence-electron chi connectivity index (χ0n) is 17.6. The van der Waals surface area contributed by atoms with Crippen LogP contribution in [0.2, 0.25) is 0 Å². The van der Waals surface area contributed by atoms with Crippen molar-refractivity contribution in [3.63, 3.8) is 0 Å². The Bertz CT molecular complexity index is 1130. The molecular weight excluding hydrogens is 428 g/mol. The number of aromatic nitrogens is 1. The zero-order valence-corrected chi connectivity index (χ0v) is 18.4. The van der Waals surface area contributed by atoms with Crippen LogP contribution >= 0.6 is 11.3 Å². The molecule has 0 unspecified atom stereocenters. The molecule has 9 heteroatoms. The van der Waals surface area contributed by atoms with E-state index in [-0.39, 0.29) is 18.9 Å². The smallest absolute Gasteiger partial charge is 0.410 e. The summed E-state index contributed by atoms with van der Waals surface area (Å²) in [6.07, 6.45) is 4.14. The van der Waals surface area contributed by atoms with Gasteiger partial charge in [-0.1, -0.05) is 13.0 Å². The molecule has 0 saturated heterocycles. The van der Waals surface area contributed by atoms with Gasteiger partial charge in [0.05, 0.1) is 25.0 Å². The molecule has 1 aliphatic rings. The average molecular weight is 451 g/mol. The molecule has 0 saturated carbocycles. The van der Waals surface area contributed by atoms with Crippen molar-refractivity contribution in [3.8, 4) is 6.07 Å². The van der Waals surface area contributed by atoms with Gasteiger partial charge in [0.25, 0.3) is 0 Å². The topological polar surface area (TPSA) is 99.7 Å². The Kier molecular flexibility index (Phi) is 6.52. The highest BCUT2D eigenvalue weighted by Crippen LogP contribution is 2.42. The van der Waals surface area contributed by atoms with Gasteiger partial charge < -0.3 is 14.1 Å². The van der Waals surface area contributed by atoms with Gasteiger partial charge in [0, 0.05) is 42.2 Å². The van der Waals surface area contributed by atoms with Crippen LogP contribution in [-0.4, -0.2) is 35.0 Å². The molecule has 3 aromatic rings. The molecule has 0 atom stereocenters. The lowest BCUT2D eigenvalue weighted by atomic mass is 10.0. The summed E-state index contributed by atoms with van der Waals surface area (Å²) in [5.74, 6) is 0.207. The number of rotatable bonds is 6. The lowest BCUT2D eigenvalue weighted by Crippen LogP contribution is -2.36. The second-order valence-corrected chi connectivity index (χ2v) is 8.27. The molecule has 8 nitrogen and oxygen atoms in total. The number of fused-ring (bicyclic) bond motifs is 1. The van der Waals surface area contributed by atoms with Gasteiger partial charge in [-0.05, 0) is 30.2 Å². The van der Waals surface area contributed by atoms with Crippen LogP contribution in [0.4, 0.5) is 15.7 Å². The molecule has 4 rings (SSSR count). The minimum Gasteiger partial charge on any atom is -0.449 e. The fourth-order valence-electron chi connectivity index (χ4n) is 3.59. The summed E-state index contributed by atoms with van der Waals surface area (Å²) in [5.41, 5.74) is 2.21. The average Bonchev–Trinajstić information content (AvgIpc) is 3.47. The number of nitriles is 1. The molecule has 4 heterocycles. The quantitative estimate of drug-likeness (QED) is 0.551. The summed E-state index contributed by atoms with van der Waals surface area (Å²) in [6.45, 7) is 2.79. The monoisotopic (exact) mass is 450 g/mol. The van der Waals surface area contributed by atoms with Crippen molar-refractivity contribution in [2.75, 3.05) is 18.1 Å². The van der Waals surface area contributed by atoms with Gasteiger partial charge in [-0.15, -0.1) is 11.3 Å². The molecule has 32 heavy (non-hydrogen) atoms. The van der Waals surface area contributed by atoms with E-state index in [2.05, 4.69) is 11.1 Å². The van der Waals surface area contributed by atoms with Gasteiger partial charge in [-0.25, -0.2) is 9.69 Å². The molecule has 0 fully saturated rings. The Balaban J connectivity index is 1.50. The standard InChI is InChI=1S/C23H22N4O4S/c1-2-20(28)27(21-7-5-12-30-21)22-18(14-24)17-8-11-26(15-19(17)32-22)23(29)31-13-9-16-6-3-4-10-25-16/h3-7,10,12H,2,8-9,11,13,15H2,1H3. The van der Waals surface area contributed by atoms with Crippen LogP contribution in [0.5, 0.6) is 0 Å². The Morgan fingerprint density at radius 3 is 2.91 bits per heavy atom. The summed E-state index contributed by atoms with van der Waals surface area (Å²) in [5, 5.41) is 10.4. The van der Waals surface area contributed by atoms with Crippen LogP contribution in [0.25, 0.3) is 0 Å². The Labute approximate surface area is 189 Å². The number of pyridine rings is 1. The minimum atomic E-state index is -0.396. The minimum absolute atomic E-state index is 0.166. The number of ether oxygens (including phenoxy) is 1. The maximum Gasteiger partial charge on any atom is 0.410 e. The summed E-state index contributed by atoms with van der Waals surface area (Å²) >= 11 is 1.34. The van der Waals surface area contributed by atoms with Crippen molar-refractivity contribution < 1.29 is 18.7 Å². The van der Waals surface area contributed by atoms with E-state index < -0.39 is 6.09 Å². The third-order valence-electron chi connectivity index (χ3n) is 5.20. The Morgan fingerprint density at radius 1 is 1.34 bits per heavy atom. The fourth-order valence-corrected chi connectivity index (χ4v) is 4.92. The van der Waals surface area contributed by atoms with E-state index in [4.69, 9.17) is 9.15 Å². The fraction of sp³-hybridized carbons (Fsp3) is 0.304. The normalized spacial score (nSPS) is 12.7. The van der Waals surface area contributed by atoms with Crippen LogP contribution in [0, 0.1) is 11.3 Å². The van der Waals surface area contributed by atoms with Gasteiger partial charge >= 0.3 is 6.09 Å². The number of nitrogens with zero attached hydrogens (tertiary/aromatic N) is 4. The maximum absolute atomic E-state index is 12.7. The number of amides is 2. The van der Waals surface area contributed by atoms with Crippen LogP contribution < -0.4 is 4.90 Å². The molecular formula is C23H22N4O4S. The van der Waals surface area contributed by atoms with E-state index in [1.54, 1.807) is 30.2 Å². The lowest BCUT2D eigenvalue weighted by molar-refractivity contribution is -0.117. The lowest BCUT2D eigenvalue weighted by Gasteiger charge is -2.26. The molecule has 0 radical (unpaired) electrons. The highest BCUT2D eigenvalue weighted by atomic mass is 32.1. The molecule has 2 amide bonds. The highest BCUT2D eigenvalue weighted by Gasteiger charge is 2.32. The van der Waals surface area contributed by atoms with E-state index in [9.17, 15) is 14.9 Å². The van der Waals surface area contributed by atoms with E-state index in [0.717, 1.165) is 16.1 Å². The second kappa shape index (κ2) is 9.66. The predicted octanol–water partition coefficient (Wildman–Crippen LogP) is 4.42. The van der Waals surface area contributed by atoms with Crippen LogP contribution in [0.15, 0.2) is 47.2 Å². The molecule has 164 valence electrons. The van der Waals surface area contributed by atoms with Gasteiger partial charge in [0.1, 0.15) is 11.1 Å².